The zero-order valence-electron chi connectivity index (χ0n) is 18.2. The van der Waals surface area contributed by atoms with Crippen LogP contribution in [0.2, 0.25) is 0 Å². The van der Waals surface area contributed by atoms with E-state index >= 15 is 0 Å². The summed E-state index contributed by atoms with van der Waals surface area (Å²) < 4.78 is 1.73. The molecule has 2 aliphatic rings. The van der Waals surface area contributed by atoms with Crippen molar-refractivity contribution in [3.05, 3.63) is 41.6 Å². The second-order valence-corrected chi connectivity index (χ2v) is 8.34. The molecule has 0 bridgehead atoms. The first kappa shape index (κ1) is 20.1. The number of amidine groups is 1. The Bertz CT molecular complexity index is 997. The predicted octanol–water partition coefficient (Wildman–Crippen LogP) is 2.83. The van der Waals surface area contributed by atoms with E-state index in [-0.39, 0.29) is 30.6 Å². The molecule has 8 nitrogen and oxygen atoms in total. The quantitative estimate of drug-likeness (QED) is 0.764. The van der Waals surface area contributed by atoms with Crippen LogP contribution >= 0.6 is 0 Å². The van der Waals surface area contributed by atoms with Crippen molar-refractivity contribution in [3.63, 3.8) is 0 Å². The van der Waals surface area contributed by atoms with Crippen molar-refractivity contribution < 1.29 is 9.59 Å². The number of hydrogen-bond acceptors (Lipinski definition) is 4. The molecule has 158 valence electrons. The van der Waals surface area contributed by atoms with Gasteiger partial charge in [-0.1, -0.05) is 17.7 Å². The van der Waals surface area contributed by atoms with Crippen LogP contribution in [-0.2, 0) is 4.79 Å². The van der Waals surface area contributed by atoms with Gasteiger partial charge in [0.1, 0.15) is 12.4 Å². The second-order valence-electron chi connectivity index (χ2n) is 8.34. The summed E-state index contributed by atoms with van der Waals surface area (Å²) in [5.74, 6) is 1.15. The summed E-state index contributed by atoms with van der Waals surface area (Å²) in [4.78, 5) is 36.1. The molecule has 30 heavy (non-hydrogen) atoms. The van der Waals surface area contributed by atoms with E-state index in [4.69, 9.17) is 0 Å². The second kappa shape index (κ2) is 7.59. The van der Waals surface area contributed by atoms with Gasteiger partial charge in [-0.25, -0.2) is 9.48 Å². The van der Waals surface area contributed by atoms with Crippen LogP contribution in [0.1, 0.15) is 38.8 Å². The van der Waals surface area contributed by atoms with Crippen LogP contribution in [0.4, 0.5) is 10.6 Å². The summed E-state index contributed by atoms with van der Waals surface area (Å²) in [6, 6.07) is 7.79. The van der Waals surface area contributed by atoms with E-state index in [1.807, 2.05) is 63.8 Å². The van der Waals surface area contributed by atoms with E-state index in [2.05, 4.69) is 10.1 Å². The molecular formula is C22H28N6O2. The van der Waals surface area contributed by atoms with Crippen LogP contribution in [0.15, 0.2) is 35.5 Å². The van der Waals surface area contributed by atoms with Crippen LogP contribution in [0, 0.1) is 6.92 Å². The molecule has 0 radical (unpaired) electrons. The van der Waals surface area contributed by atoms with Gasteiger partial charge >= 0.3 is 6.03 Å². The first-order valence-electron chi connectivity index (χ1n) is 10.4. The number of nitrogens with zero attached hydrogens (tertiary/aromatic N) is 6. The number of rotatable bonds is 5. The highest BCUT2D eigenvalue weighted by molar-refractivity contribution is 6.20. The zero-order chi connectivity index (χ0) is 21.6. The van der Waals surface area contributed by atoms with E-state index in [1.54, 1.807) is 20.7 Å². The van der Waals surface area contributed by atoms with E-state index in [1.165, 1.54) is 0 Å². The van der Waals surface area contributed by atoms with Crippen molar-refractivity contribution in [2.75, 3.05) is 24.5 Å². The van der Waals surface area contributed by atoms with Crippen LogP contribution < -0.4 is 4.90 Å². The Morgan fingerprint density at radius 1 is 1.13 bits per heavy atom. The molecule has 0 atom stereocenters. The molecule has 2 aromatic rings. The molecule has 0 saturated heterocycles. The minimum Gasteiger partial charge on any atom is -0.336 e. The third kappa shape index (κ3) is 3.26. The van der Waals surface area contributed by atoms with Gasteiger partial charge in [0.2, 0.25) is 5.91 Å². The molecule has 0 aliphatic carbocycles. The maximum absolute atomic E-state index is 13.4. The molecule has 0 unspecified atom stereocenters. The number of aromatic nitrogens is 2. The largest absolute Gasteiger partial charge is 0.336 e. The maximum Gasteiger partial charge on any atom is 0.331 e. The van der Waals surface area contributed by atoms with Crippen LogP contribution in [0.5, 0.6) is 0 Å². The van der Waals surface area contributed by atoms with E-state index in [9.17, 15) is 9.59 Å². The van der Waals surface area contributed by atoms with Crippen molar-refractivity contribution in [2.45, 2.75) is 46.7 Å². The summed E-state index contributed by atoms with van der Waals surface area (Å²) in [6.07, 6.45) is 1.74. The van der Waals surface area contributed by atoms with Crippen molar-refractivity contribution in [1.29, 1.82) is 0 Å². The van der Waals surface area contributed by atoms with Crippen molar-refractivity contribution >= 4 is 23.6 Å². The normalized spacial score (nSPS) is 15.6. The lowest BCUT2D eigenvalue weighted by molar-refractivity contribution is -0.133. The average Bonchev–Trinajstić information content (AvgIpc) is 3.32. The summed E-state index contributed by atoms with van der Waals surface area (Å²) in [5, 5.41) is 4.56. The SMILES string of the molecule is Cc1ccc(-n2ncc3c2N(CC(=O)N(C(C)C)C(C)C)C(=O)N2CCN=C32)cc1. The topological polar surface area (TPSA) is 74.0 Å². The summed E-state index contributed by atoms with van der Waals surface area (Å²) in [5.41, 5.74) is 2.75. The molecule has 0 spiro atoms. The number of anilines is 1. The molecule has 2 aliphatic heterocycles. The van der Waals surface area contributed by atoms with Crippen molar-refractivity contribution in [3.8, 4) is 5.69 Å². The molecule has 4 rings (SSSR count). The number of carbonyl (C=O) groups excluding carboxylic acids is 2. The van der Waals surface area contributed by atoms with Gasteiger partial charge in [0.25, 0.3) is 0 Å². The highest BCUT2D eigenvalue weighted by atomic mass is 16.2. The Morgan fingerprint density at radius 3 is 2.43 bits per heavy atom. The highest BCUT2D eigenvalue weighted by Gasteiger charge is 2.41. The van der Waals surface area contributed by atoms with E-state index in [0.29, 0.717) is 24.7 Å². The molecule has 8 heteroatoms. The molecule has 0 N–H and O–H groups in total. The Hall–Kier alpha value is -3.16. The van der Waals surface area contributed by atoms with E-state index < -0.39 is 0 Å². The fraction of sp³-hybridized carbons (Fsp3) is 0.455. The minimum atomic E-state index is -0.228. The molecule has 0 saturated carbocycles. The number of amides is 3. The van der Waals surface area contributed by atoms with Crippen LogP contribution in [0.3, 0.4) is 0 Å². The first-order valence-corrected chi connectivity index (χ1v) is 10.4. The monoisotopic (exact) mass is 408 g/mol. The molecule has 3 heterocycles. The lowest BCUT2D eigenvalue weighted by Gasteiger charge is -2.37. The van der Waals surface area contributed by atoms with Crippen LogP contribution in [-0.4, -0.2) is 69.1 Å². The molecule has 3 amide bonds. The minimum absolute atomic E-state index is 0.0382. The van der Waals surface area contributed by atoms with Gasteiger partial charge in [-0.2, -0.15) is 5.10 Å². The third-order valence-corrected chi connectivity index (χ3v) is 5.52. The standard InChI is InChI=1S/C22H28N6O2/c1-14(2)27(15(3)4)19(29)13-26-21-18(20-23-10-11-25(20)22(26)30)12-24-28(21)17-8-6-16(5)7-9-17/h6-9,12,14-15H,10-11,13H2,1-5H3. The van der Waals surface area contributed by atoms with Gasteiger partial charge < -0.3 is 4.90 Å². The summed E-state index contributed by atoms with van der Waals surface area (Å²) in [7, 11) is 0. The lowest BCUT2D eigenvalue weighted by Crippen LogP contribution is -2.55. The molecule has 1 aromatic carbocycles. The number of fused-ring (bicyclic) bond motifs is 3. The number of aryl methyl sites for hydroxylation is 1. The fourth-order valence-corrected chi connectivity index (χ4v) is 4.27. The number of carbonyl (C=O) groups is 2. The van der Waals surface area contributed by atoms with Gasteiger partial charge in [0.05, 0.1) is 24.0 Å². The van der Waals surface area contributed by atoms with Gasteiger partial charge in [-0.3, -0.25) is 19.6 Å². The fourth-order valence-electron chi connectivity index (χ4n) is 4.27. The number of urea groups is 1. The Balaban J connectivity index is 1.79. The molecule has 0 fully saturated rings. The lowest BCUT2D eigenvalue weighted by atomic mass is 10.2. The van der Waals surface area contributed by atoms with Crippen molar-refractivity contribution in [1.82, 2.24) is 19.6 Å². The Morgan fingerprint density at radius 2 is 1.80 bits per heavy atom. The summed E-state index contributed by atoms with van der Waals surface area (Å²) in [6.45, 7) is 11.0. The van der Waals surface area contributed by atoms with Gasteiger partial charge in [0, 0.05) is 18.6 Å². The summed E-state index contributed by atoms with van der Waals surface area (Å²) >= 11 is 0. The van der Waals surface area contributed by atoms with Gasteiger partial charge in [-0.15, -0.1) is 0 Å². The van der Waals surface area contributed by atoms with E-state index in [0.717, 1.165) is 16.8 Å². The van der Waals surface area contributed by atoms with Gasteiger partial charge in [-0.05, 0) is 46.8 Å². The molecule has 1 aromatic heterocycles. The van der Waals surface area contributed by atoms with Crippen LogP contribution in [0.25, 0.3) is 5.69 Å². The molecular weight excluding hydrogens is 380 g/mol. The smallest absolute Gasteiger partial charge is 0.331 e. The predicted molar refractivity (Wildman–Crippen MR) is 116 cm³/mol. The average molecular weight is 409 g/mol. The Labute approximate surface area is 176 Å². The third-order valence-electron chi connectivity index (χ3n) is 5.52. The van der Waals surface area contributed by atoms with Crippen molar-refractivity contribution in [2.24, 2.45) is 4.99 Å². The number of aliphatic imine (C=N–C) groups is 1. The number of benzene rings is 1. The van der Waals surface area contributed by atoms with Gasteiger partial charge in [0.15, 0.2) is 5.82 Å². The number of hydrogen-bond donors (Lipinski definition) is 0. The Kier molecular flexibility index (Phi) is 5.09. The zero-order valence-corrected chi connectivity index (χ0v) is 18.2. The maximum atomic E-state index is 13.4. The highest BCUT2D eigenvalue weighted by Crippen LogP contribution is 2.33. The first-order chi connectivity index (χ1) is 14.3.